The van der Waals surface area contributed by atoms with Gasteiger partial charge in [0.2, 0.25) is 0 Å². The molecule has 1 fully saturated rings. The Bertz CT molecular complexity index is 831. The average molecular weight is 360 g/mol. The minimum Gasteiger partial charge on any atom is -0.467 e. The minimum absolute atomic E-state index is 0.0191. The number of para-hydroxylation sites is 1. The maximum atomic E-state index is 12.7. The molecule has 25 heavy (non-hydrogen) atoms. The summed E-state index contributed by atoms with van der Waals surface area (Å²) in [7, 11) is 1.39. The van der Waals surface area contributed by atoms with Crippen molar-refractivity contribution in [2.75, 3.05) is 7.11 Å². The van der Waals surface area contributed by atoms with Gasteiger partial charge < -0.3 is 9.30 Å². The van der Waals surface area contributed by atoms with Crippen LogP contribution in [0.5, 0.6) is 0 Å². The molecule has 0 N–H and O–H groups in total. The second kappa shape index (κ2) is 7.95. The third-order valence-electron chi connectivity index (χ3n) is 4.86. The van der Waals surface area contributed by atoms with E-state index in [0.29, 0.717) is 11.2 Å². The Kier molecular flexibility index (Phi) is 5.68. The Morgan fingerprint density at radius 2 is 2.00 bits per heavy atom. The van der Waals surface area contributed by atoms with E-state index >= 15 is 0 Å². The Morgan fingerprint density at radius 1 is 1.28 bits per heavy atom. The molecule has 0 aliphatic heterocycles. The zero-order valence-corrected chi connectivity index (χ0v) is 15.6. The molecule has 0 saturated heterocycles. The largest absolute Gasteiger partial charge is 0.467 e. The molecular weight excluding hydrogens is 336 g/mol. The van der Waals surface area contributed by atoms with Crippen molar-refractivity contribution in [1.82, 2.24) is 4.57 Å². The minimum atomic E-state index is -0.473. The summed E-state index contributed by atoms with van der Waals surface area (Å²) in [5, 5.41) is 0. The first-order chi connectivity index (χ1) is 12.2. The van der Waals surface area contributed by atoms with Gasteiger partial charge in [0.15, 0.2) is 4.80 Å². The number of hydrogen-bond donors (Lipinski definition) is 0. The number of carbonyl (C=O) groups excluding carboxylic acids is 2. The van der Waals surface area contributed by atoms with Crippen molar-refractivity contribution in [3.8, 4) is 0 Å². The van der Waals surface area contributed by atoms with Gasteiger partial charge in [-0.15, -0.1) is 0 Å². The highest BCUT2D eigenvalue weighted by atomic mass is 32.1. The van der Waals surface area contributed by atoms with E-state index in [1.54, 1.807) is 0 Å². The summed E-state index contributed by atoms with van der Waals surface area (Å²) in [6.45, 7) is 1.94. The monoisotopic (exact) mass is 360 g/mol. The Morgan fingerprint density at radius 3 is 2.68 bits per heavy atom. The van der Waals surface area contributed by atoms with Crippen LogP contribution in [0, 0.1) is 5.92 Å². The molecule has 0 radical (unpaired) electrons. The first kappa shape index (κ1) is 17.9. The maximum Gasteiger partial charge on any atom is 0.328 e. The molecule has 1 aliphatic rings. The predicted molar refractivity (Wildman–Crippen MR) is 98.3 cm³/mol. The first-order valence-electron chi connectivity index (χ1n) is 8.92. The summed E-state index contributed by atoms with van der Waals surface area (Å²) in [6, 6.07) is 7.36. The van der Waals surface area contributed by atoms with Gasteiger partial charge in [-0.25, -0.2) is 4.79 Å². The van der Waals surface area contributed by atoms with Gasteiger partial charge in [-0.05, 0) is 31.4 Å². The summed E-state index contributed by atoms with van der Waals surface area (Å²) >= 11 is 1.46. The van der Waals surface area contributed by atoms with Crippen LogP contribution in [0.25, 0.3) is 10.2 Å². The second-order valence-electron chi connectivity index (χ2n) is 6.45. The topological polar surface area (TPSA) is 60.7 Å². The summed E-state index contributed by atoms with van der Waals surface area (Å²) in [6.07, 6.45) is 5.81. The lowest BCUT2D eigenvalue weighted by atomic mass is 9.89. The molecule has 1 aromatic carbocycles. The van der Waals surface area contributed by atoms with Crippen molar-refractivity contribution in [3.05, 3.63) is 29.1 Å². The number of methoxy groups -OCH3 is 1. The van der Waals surface area contributed by atoms with Gasteiger partial charge in [-0.1, -0.05) is 49.7 Å². The molecule has 1 aliphatic carbocycles. The number of aromatic nitrogens is 1. The molecular formula is C19H24N2O3S. The van der Waals surface area contributed by atoms with Gasteiger partial charge in [0.25, 0.3) is 5.91 Å². The molecule has 1 amide bonds. The Labute approximate surface area is 151 Å². The number of esters is 1. The van der Waals surface area contributed by atoms with Crippen LogP contribution in [0.3, 0.4) is 0 Å². The molecule has 0 bridgehead atoms. The van der Waals surface area contributed by atoms with Gasteiger partial charge in [0.05, 0.1) is 17.3 Å². The number of benzene rings is 1. The smallest absolute Gasteiger partial charge is 0.328 e. The molecule has 1 aromatic heterocycles. The molecule has 0 spiro atoms. The van der Waals surface area contributed by atoms with E-state index in [-0.39, 0.29) is 17.8 Å². The van der Waals surface area contributed by atoms with Gasteiger partial charge in [0.1, 0.15) is 6.04 Å². The van der Waals surface area contributed by atoms with Crippen LogP contribution in [-0.2, 0) is 14.3 Å². The number of carbonyl (C=O) groups is 2. The number of rotatable bonds is 4. The van der Waals surface area contributed by atoms with E-state index in [1.165, 1.54) is 24.9 Å². The third-order valence-corrected chi connectivity index (χ3v) is 5.90. The van der Waals surface area contributed by atoms with Crippen molar-refractivity contribution < 1.29 is 14.3 Å². The van der Waals surface area contributed by atoms with Crippen LogP contribution in [0.1, 0.15) is 51.5 Å². The van der Waals surface area contributed by atoms with E-state index in [0.717, 1.165) is 35.9 Å². The predicted octanol–water partition coefficient (Wildman–Crippen LogP) is 3.83. The molecule has 1 unspecified atom stereocenters. The average Bonchev–Trinajstić information content (AvgIpc) is 3.01. The fourth-order valence-corrected chi connectivity index (χ4v) is 4.57. The Balaban J connectivity index is 2.10. The van der Waals surface area contributed by atoms with Crippen LogP contribution in [0.15, 0.2) is 29.3 Å². The molecule has 1 saturated carbocycles. The lowest BCUT2D eigenvalue weighted by Crippen LogP contribution is -2.29. The fraction of sp³-hybridized carbons (Fsp3) is 0.526. The molecule has 134 valence electrons. The highest BCUT2D eigenvalue weighted by molar-refractivity contribution is 7.16. The fourth-order valence-electron chi connectivity index (χ4n) is 3.50. The zero-order chi connectivity index (χ0) is 17.8. The summed E-state index contributed by atoms with van der Waals surface area (Å²) < 4.78 is 7.85. The highest BCUT2D eigenvalue weighted by Crippen LogP contribution is 2.26. The number of ether oxygens (including phenoxy) is 1. The first-order valence-corrected chi connectivity index (χ1v) is 9.73. The van der Waals surface area contributed by atoms with Crippen LogP contribution < -0.4 is 4.80 Å². The molecule has 5 nitrogen and oxygen atoms in total. The number of nitrogens with zero attached hydrogens (tertiary/aromatic N) is 2. The van der Waals surface area contributed by atoms with E-state index in [4.69, 9.17) is 4.74 Å². The van der Waals surface area contributed by atoms with Crippen molar-refractivity contribution in [1.29, 1.82) is 0 Å². The maximum absolute atomic E-state index is 12.7. The van der Waals surface area contributed by atoms with Crippen molar-refractivity contribution in [2.45, 2.75) is 51.5 Å². The van der Waals surface area contributed by atoms with Gasteiger partial charge in [-0.2, -0.15) is 4.99 Å². The van der Waals surface area contributed by atoms with Crippen LogP contribution in [-0.4, -0.2) is 23.6 Å². The quantitative estimate of drug-likeness (QED) is 0.779. The normalized spacial score (nSPS) is 17.6. The molecule has 3 rings (SSSR count). The zero-order valence-electron chi connectivity index (χ0n) is 14.7. The van der Waals surface area contributed by atoms with Gasteiger partial charge >= 0.3 is 5.97 Å². The summed E-state index contributed by atoms with van der Waals surface area (Å²) in [5.41, 5.74) is 0.917. The van der Waals surface area contributed by atoms with Crippen molar-refractivity contribution >= 4 is 33.4 Å². The van der Waals surface area contributed by atoms with E-state index in [1.807, 2.05) is 35.8 Å². The molecule has 2 aromatic rings. The highest BCUT2D eigenvalue weighted by Gasteiger charge is 2.25. The van der Waals surface area contributed by atoms with Crippen molar-refractivity contribution in [3.63, 3.8) is 0 Å². The number of thiazole rings is 1. The molecule has 1 heterocycles. The lowest BCUT2D eigenvalue weighted by molar-refractivity contribution is -0.144. The number of fused-ring (bicyclic) bond motifs is 1. The number of amides is 1. The second-order valence-corrected chi connectivity index (χ2v) is 7.46. The molecule has 1 atom stereocenters. The van der Waals surface area contributed by atoms with E-state index < -0.39 is 6.04 Å². The van der Waals surface area contributed by atoms with E-state index in [2.05, 4.69) is 4.99 Å². The lowest BCUT2D eigenvalue weighted by Gasteiger charge is -2.18. The number of hydrogen-bond acceptors (Lipinski definition) is 4. The van der Waals surface area contributed by atoms with E-state index in [9.17, 15) is 9.59 Å². The van der Waals surface area contributed by atoms with Gasteiger partial charge in [-0.3, -0.25) is 4.79 Å². The van der Waals surface area contributed by atoms with Crippen molar-refractivity contribution in [2.24, 2.45) is 10.9 Å². The summed E-state index contributed by atoms with van der Waals surface area (Å²) in [5.74, 6) is -0.344. The standard InChI is InChI=1S/C19H24N2O3S/c1-3-14(18(23)24-2)21-15-11-7-8-12-16(15)25-19(21)20-17(22)13-9-5-4-6-10-13/h7-8,11-14H,3-6,9-10H2,1-2H3/b20-19+. The Hall–Kier alpha value is -1.95. The third kappa shape index (κ3) is 3.68. The summed E-state index contributed by atoms with van der Waals surface area (Å²) in [4.78, 5) is 29.9. The van der Waals surface area contributed by atoms with Crippen LogP contribution in [0.4, 0.5) is 0 Å². The molecule has 6 heteroatoms. The SMILES string of the molecule is CCC(C(=O)OC)n1/c(=N\C(=O)C2CCCCC2)sc2ccccc21. The van der Waals surface area contributed by atoms with Crippen LogP contribution >= 0.6 is 11.3 Å². The van der Waals surface area contributed by atoms with Crippen LogP contribution in [0.2, 0.25) is 0 Å². The van der Waals surface area contributed by atoms with Gasteiger partial charge in [0, 0.05) is 5.92 Å².